The average molecular weight is 406 g/mol. The molecular formula is C8H10Cl2MnO7P2+2. The van der Waals surface area contributed by atoms with Gasteiger partial charge in [0.05, 0.1) is 10.0 Å². The second kappa shape index (κ2) is 6.78. The van der Waals surface area contributed by atoms with Crippen LogP contribution in [0.15, 0.2) is 18.2 Å². The Morgan fingerprint density at radius 3 is 1.80 bits per heavy atom. The fraction of sp³-hybridized carbons (Fsp3) is 0.250. The first kappa shape index (κ1) is 20.6. The fourth-order valence-corrected chi connectivity index (χ4v) is 3.75. The van der Waals surface area contributed by atoms with Gasteiger partial charge < -0.3 is 24.7 Å². The maximum Gasteiger partial charge on any atom is 2.00 e. The van der Waals surface area contributed by atoms with Crippen LogP contribution in [-0.2, 0) is 32.6 Å². The number of hydrogen-bond donors (Lipinski definition) is 5. The minimum atomic E-state index is -5.49. The van der Waals surface area contributed by atoms with Gasteiger partial charge >= 0.3 is 32.3 Å². The van der Waals surface area contributed by atoms with E-state index in [9.17, 15) is 14.2 Å². The Morgan fingerprint density at radius 1 is 1.00 bits per heavy atom. The maximum atomic E-state index is 11.1. The molecule has 0 bridgehead atoms. The smallest absolute Gasteiger partial charge is 0.367 e. The zero-order valence-electron chi connectivity index (χ0n) is 9.52. The summed E-state index contributed by atoms with van der Waals surface area (Å²) in [5.41, 5.74) is 0.0172. The standard InChI is InChI=1S/C8H10Cl2O7P2.Mn/c9-6-2-1-5(3-7(6)10)4-8(11,18(12,13)14)19(15,16)17;/h1-3,11H,4H2,(H2,12,13,14)(H2,15,16,17);/q;+2. The van der Waals surface area contributed by atoms with Crippen molar-refractivity contribution in [3.8, 4) is 0 Å². The number of aliphatic hydroxyl groups is 1. The van der Waals surface area contributed by atoms with Gasteiger partial charge in [0.15, 0.2) is 0 Å². The zero-order chi connectivity index (χ0) is 15.1. The molecule has 20 heavy (non-hydrogen) atoms. The maximum absolute atomic E-state index is 11.1. The molecule has 1 radical (unpaired) electrons. The molecule has 1 rings (SSSR count). The van der Waals surface area contributed by atoms with E-state index in [1.54, 1.807) is 0 Å². The second-order valence-electron chi connectivity index (χ2n) is 3.79. The molecule has 0 saturated carbocycles. The van der Waals surface area contributed by atoms with Crippen LogP contribution in [0.1, 0.15) is 5.56 Å². The summed E-state index contributed by atoms with van der Waals surface area (Å²) in [7, 11) is -11.0. The molecule has 0 spiro atoms. The molecule has 0 aliphatic rings. The van der Waals surface area contributed by atoms with Crippen molar-refractivity contribution in [3.05, 3.63) is 33.8 Å². The Bertz CT molecular complexity index is 562. The first-order valence-electron chi connectivity index (χ1n) is 4.66. The SMILES string of the molecule is O=P(O)(O)C(O)(Cc1ccc(Cl)c(Cl)c1)P(=O)(O)O.[Mn+2]. The van der Waals surface area contributed by atoms with E-state index in [0.717, 1.165) is 6.07 Å². The van der Waals surface area contributed by atoms with Gasteiger partial charge in [-0.05, 0) is 17.7 Å². The summed E-state index contributed by atoms with van der Waals surface area (Å²) in [5.74, 6) is 0. The van der Waals surface area contributed by atoms with E-state index >= 15 is 0 Å². The normalized spacial score (nSPS) is 12.9. The largest absolute Gasteiger partial charge is 2.00 e. The fourth-order valence-electron chi connectivity index (χ4n) is 1.30. The molecule has 0 atom stereocenters. The van der Waals surface area contributed by atoms with Crippen LogP contribution in [0, 0.1) is 0 Å². The summed E-state index contributed by atoms with van der Waals surface area (Å²) in [5, 5.41) is 6.37. The Morgan fingerprint density at radius 2 is 1.45 bits per heavy atom. The molecule has 0 heterocycles. The summed E-state index contributed by atoms with van der Waals surface area (Å²) in [4.78, 5) is 35.9. The van der Waals surface area contributed by atoms with E-state index in [1.807, 2.05) is 0 Å². The molecular weight excluding hydrogens is 396 g/mol. The van der Waals surface area contributed by atoms with Crippen molar-refractivity contribution in [1.29, 1.82) is 0 Å². The van der Waals surface area contributed by atoms with Gasteiger partial charge in [0.1, 0.15) is 0 Å². The quantitative estimate of drug-likeness (QED) is 0.378. The molecule has 0 fully saturated rings. The van der Waals surface area contributed by atoms with E-state index in [-0.39, 0.29) is 32.7 Å². The predicted molar refractivity (Wildman–Crippen MR) is 69.2 cm³/mol. The summed E-state index contributed by atoms with van der Waals surface area (Å²) in [6.45, 7) is 0. The van der Waals surface area contributed by atoms with Crippen LogP contribution in [0.25, 0.3) is 0 Å². The van der Waals surface area contributed by atoms with Gasteiger partial charge in [-0.1, -0.05) is 29.3 Å². The average Bonchev–Trinajstić information content (AvgIpc) is 2.20. The van der Waals surface area contributed by atoms with Crippen molar-refractivity contribution < 1.29 is 50.9 Å². The molecule has 0 unspecified atom stereocenters. The molecule has 0 aromatic heterocycles. The van der Waals surface area contributed by atoms with E-state index < -0.39 is 26.7 Å². The third-order valence-electron chi connectivity index (χ3n) is 2.36. The Labute approximate surface area is 134 Å². The van der Waals surface area contributed by atoms with Gasteiger partial charge in [0.25, 0.3) is 5.08 Å². The summed E-state index contributed by atoms with van der Waals surface area (Å²) in [6, 6.07) is 3.67. The van der Waals surface area contributed by atoms with Crippen molar-refractivity contribution in [2.45, 2.75) is 11.5 Å². The first-order valence-corrected chi connectivity index (χ1v) is 8.64. The Kier molecular flexibility index (Phi) is 6.97. The molecule has 0 amide bonds. The van der Waals surface area contributed by atoms with Crippen LogP contribution < -0.4 is 0 Å². The van der Waals surface area contributed by atoms with Crippen molar-refractivity contribution in [1.82, 2.24) is 0 Å². The number of hydrogen-bond acceptors (Lipinski definition) is 3. The number of halogens is 2. The molecule has 0 aliphatic heterocycles. The molecule has 0 aliphatic carbocycles. The van der Waals surface area contributed by atoms with Gasteiger partial charge in [-0.3, -0.25) is 9.13 Å². The van der Waals surface area contributed by atoms with Crippen molar-refractivity contribution in [2.75, 3.05) is 0 Å². The molecule has 7 nitrogen and oxygen atoms in total. The van der Waals surface area contributed by atoms with E-state index in [0.29, 0.717) is 0 Å². The van der Waals surface area contributed by atoms with Gasteiger partial charge in [-0.2, -0.15) is 0 Å². The third-order valence-corrected chi connectivity index (χ3v) is 6.84. The molecule has 113 valence electrons. The van der Waals surface area contributed by atoms with Crippen molar-refractivity contribution >= 4 is 38.4 Å². The number of benzene rings is 1. The minimum Gasteiger partial charge on any atom is -0.367 e. The van der Waals surface area contributed by atoms with Gasteiger partial charge in [0, 0.05) is 6.42 Å². The van der Waals surface area contributed by atoms with Crippen molar-refractivity contribution in [2.24, 2.45) is 0 Å². The third kappa shape index (κ3) is 4.29. The molecule has 5 N–H and O–H groups in total. The molecule has 12 heteroatoms. The second-order valence-corrected chi connectivity index (χ2v) is 8.61. The summed E-state index contributed by atoms with van der Waals surface area (Å²) < 4.78 is 22.3. The summed E-state index contributed by atoms with van der Waals surface area (Å²) in [6.07, 6.45) is -0.974. The minimum absolute atomic E-state index is 0. The molecule has 1 aromatic rings. The van der Waals surface area contributed by atoms with Crippen LogP contribution in [0.5, 0.6) is 0 Å². The number of rotatable bonds is 4. The van der Waals surface area contributed by atoms with E-state index in [1.165, 1.54) is 12.1 Å². The van der Waals surface area contributed by atoms with E-state index in [2.05, 4.69) is 0 Å². The van der Waals surface area contributed by atoms with E-state index in [4.69, 9.17) is 42.8 Å². The monoisotopic (exact) mass is 405 g/mol. The van der Waals surface area contributed by atoms with Gasteiger partial charge in [-0.15, -0.1) is 0 Å². The van der Waals surface area contributed by atoms with Crippen LogP contribution in [0.3, 0.4) is 0 Å². The van der Waals surface area contributed by atoms with Gasteiger partial charge in [-0.25, -0.2) is 0 Å². The van der Waals surface area contributed by atoms with Crippen molar-refractivity contribution in [3.63, 3.8) is 0 Å². The summed E-state index contributed by atoms with van der Waals surface area (Å²) >= 11 is 11.3. The predicted octanol–water partition coefficient (Wildman–Crippen LogP) is 1.53. The van der Waals surface area contributed by atoms with Crippen LogP contribution in [0.4, 0.5) is 0 Å². The topological polar surface area (TPSA) is 135 Å². The zero-order valence-corrected chi connectivity index (χ0v) is 14.0. The van der Waals surface area contributed by atoms with Crippen LogP contribution >= 0.6 is 38.4 Å². The van der Waals surface area contributed by atoms with Crippen LogP contribution in [0.2, 0.25) is 10.0 Å². The molecule has 1 aromatic carbocycles. The first-order chi connectivity index (χ1) is 8.38. The van der Waals surface area contributed by atoms with Crippen LogP contribution in [-0.4, -0.2) is 29.8 Å². The Balaban J connectivity index is 0.00000361. The molecule has 0 saturated heterocycles. The van der Waals surface area contributed by atoms with Gasteiger partial charge in [0.2, 0.25) is 0 Å². The Hall–Kier alpha value is 0.579.